The molecule has 1 amide bonds. The number of aryl methyl sites for hydroxylation is 2. The van der Waals surface area contributed by atoms with E-state index in [2.05, 4.69) is 5.32 Å². The van der Waals surface area contributed by atoms with Crippen molar-refractivity contribution in [3.63, 3.8) is 0 Å². The van der Waals surface area contributed by atoms with E-state index in [9.17, 15) is 4.79 Å². The lowest BCUT2D eigenvalue weighted by molar-refractivity contribution is -0.127. The Hall–Kier alpha value is -2.20. The maximum atomic E-state index is 12.0. The van der Waals surface area contributed by atoms with Gasteiger partial charge in [0.2, 0.25) is 0 Å². The molecule has 128 valence electrons. The van der Waals surface area contributed by atoms with E-state index in [4.69, 9.17) is 21.1 Å². The molecule has 0 aromatic heterocycles. The lowest BCUT2D eigenvalue weighted by atomic mass is 10.1. The van der Waals surface area contributed by atoms with E-state index in [1.54, 1.807) is 31.2 Å². The van der Waals surface area contributed by atoms with Gasteiger partial charge in [-0.3, -0.25) is 4.79 Å². The summed E-state index contributed by atoms with van der Waals surface area (Å²) in [7, 11) is 0. The van der Waals surface area contributed by atoms with Crippen LogP contribution >= 0.6 is 11.6 Å². The van der Waals surface area contributed by atoms with E-state index < -0.39 is 6.10 Å². The minimum atomic E-state index is -0.607. The SMILES string of the molecule is Cc1ccc(C)c(OCCNC(=O)[C@H](C)Oc2cccc(Cl)c2)c1. The largest absolute Gasteiger partial charge is 0.491 e. The second-order valence-electron chi connectivity index (χ2n) is 5.63. The first-order valence-corrected chi connectivity index (χ1v) is 8.23. The number of rotatable bonds is 7. The summed E-state index contributed by atoms with van der Waals surface area (Å²) in [5.74, 6) is 1.21. The Morgan fingerprint density at radius 3 is 2.75 bits per heavy atom. The molecule has 0 saturated carbocycles. The molecule has 0 aliphatic rings. The zero-order chi connectivity index (χ0) is 17.5. The Kier molecular flexibility index (Phi) is 6.50. The van der Waals surface area contributed by atoms with Crippen molar-refractivity contribution in [2.75, 3.05) is 13.2 Å². The van der Waals surface area contributed by atoms with Crippen molar-refractivity contribution in [3.8, 4) is 11.5 Å². The molecular weight excluding hydrogens is 326 g/mol. The highest BCUT2D eigenvalue weighted by Gasteiger charge is 2.14. The highest BCUT2D eigenvalue weighted by molar-refractivity contribution is 6.30. The molecule has 0 saturated heterocycles. The van der Waals surface area contributed by atoms with E-state index >= 15 is 0 Å². The van der Waals surface area contributed by atoms with E-state index in [1.165, 1.54) is 0 Å². The number of nitrogens with one attached hydrogen (secondary N) is 1. The molecule has 0 heterocycles. The van der Waals surface area contributed by atoms with Crippen LogP contribution in [-0.2, 0) is 4.79 Å². The monoisotopic (exact) mass is 347 g/mol. The quantitative estimate of drug-likeness (QED) is 0.772. The molecule has 0 radical (unpaired) electrons. The fourth-order valence-corrected chi connectivity index (χ4v) is 2.32. The van der Waals surface area contributed by atoms with Crippen molar-refractivity contribution in [2.45, 2.75) is 26.9 Å². The second kappa shape index (κ2) is 8.60. The van der Waals surface area contributed by atoms with Crippen molar-refractivity contribution < 1.29 is 14.3 Å². The molecule has 4 nitrogen and oxygen atoms in total. The Labute approximate surface area is 147 Å². The van der Waals surface area contributed by atoms with Crippen LogP contribution in [0.1, 0.15) is 18.1 Å². The van der Waals surface area contributed by atoms with Gasteiger partial charge < -0.3 is 14.8 Å². The Balaban J connectivity index is 1.75. The second-order valence-corrected chi connectivity index (χ2v) is 6.06. The van der Waals surface area contributed by atoms with Crippen molar-refractivity contribution in [1.82, 2.24) is 5.32 Å². The number of carbonyl (C=O) groups excluding carboxylic acids is 1. The lowest BCUT2D eigenvalue weighted by Gasteiger charge is -2.15. The van der Waals surface area contributed by atoms with Gasteiger partial charge in [-0.1, -0.05) is 29.8 Å². The zero-order valence-electron chi connectivity index (χ0n) is 14.1. The Morgan fingerprint density at radius 2 is 2.00 bits per heavy atom. The van der Waals surface area contributed by atoms with E-state index in [1.807, 2.05) is 32.0 Å². The third kappa shape index (κ3) is 5.46. The molecule has 2 rings (SSSR count). The van der Waals surface area contributed by atoms with Crippen LogP contribution in [0.2, 0.25) is 5.02 Å². The van der Waals surface area contributed by atoms with Gasteiger partial charge in [0, 0.05) is 5.02 Å². The summed E-state index contributed by atoms with van der Waals surface area (Å²) in [4.78, 5) is 12.0. The fourth-order valence-electron chi connectivity index (χ4n) is 2.14. The van der Waals surface area contributed by atoms with Gasteiger partial charge >= 0.3 is 0 Å². The average Bonchev–Trinajstić information content (AvgIpc) is 2.54. The maximum Gasteiger partial charge on any atom is 0.260 e. The average molecular weight is 348 g/mol. The molecular formula is C19H22ClNO3. The molecule has 0 spiro atoms. The number of amides is 1. The highest BCUT2D eigenvalue weighted by atomic mass is 35.5. The molecule has 2 aromatic rings. The summed E-state index contributed by atoms with van der Waals surface area (Å²) in [6, 6.07) is 13.0. The van der Waals surface area contributed by atoms with Crippen molar-refractivity contribution >= 4 is 17.5 Å². The summed E-state index contributed by atoms with van der Waals surface area (Å²) >= 11 is 5.90. The summed E-state index contributed by atoms with van der Waals surface area (Å²) in [6.45, 7) is 6.52. The summed E-state index contributed by atoms with van der Waals surface area (Å²) < 4.78 is 11.3. The third-order valence-corrected chi connectivity index (χ3v) is 3.72. The minimum Gasteiger partial charge on any atom is -0.491 e. The van der Waals surface area contributed by atoms with Gasteiger partial charge in [-0.2, -0.15) is 0 Å². The molecule has 5 heteroatoms. The molecule has 0 fully saturated rings. The smallest absolute Gasteiger partial charge is 0.260 e. The van der Waals surface area contributed by atoms with E-state index in [0.29, 0.717) is 23.9 Å². The maximum absolute atomic E-state index is 12.0. The van der Waals surface area contributed by atoms with Gasteiger partial charge in [0.1, 0.15) is 18.1 Å². The summed E-state index contributed by atoms with van der Waals surface area (Å²) in [6.07, 6.45) is -0.607. The van der Waals surface area contributed by atoms with Crippen LogP contribution in [0.4, 0.5) is 0 Å². The fraction of sp³-hybridized carbons (Fsp3) is 0.316. The minimum absolute atomic E-state index is 0.195. The topological polar surface area (TPSA) is 47.6 Å². The van der Waals surface area contributed by atoms with Gasteiger partial charge in [0.25, 0.3) is 5.91 Å². The number of carbonyl (C=O) groups is 1. The molecule has 2 aromatic carbocycles. The van der Waals surface area contributed by atoms with Gasteiger partial charge in [-0.25, -0.2) is 0 Å². The standard InChI is InChI=1S/C19H22ClNO3/c1-13-7-8-14(2)18(11-13)23-10-9-21-19(22)15(3)24-17-6-4-5-16(20)12-17/h4-8,11-12,15H,9-10H2,1-3H3,(H,21,22)/t15-/m0/s1. The Morgan fingerprint density at radius 1 is 1.21 bits per heavy atom. The third-order valence-electron chi connectivity index (χ3n) is 3.48. The van der Waals surface area contributed by atoms with Crippen LogP contribution in [0.15, 0.2) is 42.5 Å². The predicted molar refractivity (Wildman–Crippen MR) is 96.0 cm³/mol. The van der Waals surface area contributed by atoms with Crippen molar-refractivity contribution in [3.05, 3.63) is 58.6 Å². The first kappa shape index (κ1) is 18.1. The van der Waals surface area contributed by atoms with E-state index in [-0.39, 0.29) is 5.91 Å². The van der Waals surface area contributed by atoms with Gasteiger partial charge in [0.05, 0.1) is 6.54 Å². The first-order valence-electron chi connectivity index (χ1n) is 7.85. The predicted octanol–water partition coefficient (Wildman–Crippen LogP) is 3.92. The molecule has 0 bridgehead atoms. The van der Waals surface area contributed by atoms with Gasteiger partial charge in [0.15, 0.2) is 6.10 Å². The molecule has 0 aliphatic carbocycles. The molecule has 1 atom stereocenters. The van der Waals surface area contributed by atoms with Gasteiger partial charge in [-0.05, 0) is 56.2 Å². The number of halogens is 1. The van der Waals surface area contributed by atoms with Crippen molar-refractivity contribution in [2.24, 2.45) is 0 Å². The first-order chi connectivity index (χ1) is 11.5. The van der Waals surface area contributed by atoms with Crippen LogP contribution in [0.5, 0.6) is 11.5 Å². The normalized spacial score (nSPS) is 11.7. The Bertz CT molecular complexity index is 703. The molecule has 0 aliphatic heterocycles. The summed E-state index contributed by atoms with van der Waals surface area (Å²) in [5.41, 5.74) is 2.22. The molecule has 24 heavy (non-hydrogen) atoms. The van der Waals surface area contributed by atoms with Crippen LogP contribution in [0.3, 0.4) is 0 Å². The van der Waals surface area contributed by atoms with Crippen LogP contribution in [0.25, 0.3) is 0 Å². The van der Waals surface area contributed by atoms with Crippen LogP contribution < -0.4 is 14.8 Å². The number of hydrogen-bond donors (Lipinski definition) is 1. The highest BCUT2D eigenvalue weighted by Crippen LogP contribution is 2.19. The molecule has 1 N–H and O–H groups in total. The molecule has 0 unspecified atom stereocenters. The number of benzene rings is 2. The summed E-state index contributed by atoms with van der Waals surface area (Å²) in [5, 5.41) is 3.37. The van der Waals surface area contributed by atoms with Crippen LogP contribution in [-0.4, -0.2) is 25.2 Å². The van der Waals surface area contributed by atoms with Crippen LogP contribution in [0, 0.1) is 13.8 Å². The number of hydrogen-bond acceptors (Lipinski definition) is 3. The van der Waals surface area contributed by atoms with E-state index in [0.717, 1.165) is 16.9 Å². The zero-order valence-corrected chi connectivity index (χ0v) is 14.9. The lowest BCUT2D eigenvalue weighted by Crippen LogP contribution is -2.38. The van der Waals surface area contributed by atoms with Crippen molar-refractivity contribution in [1.29, 1.82) is 0 Å². The van der Waals surface area contributed by atoms with Gasteiger partial charge in [-0.15, -0.1) is 0 Å². The number of ether oxygens (including phenoxy) is 2.